The molecule has 11 heteroatoms. The van der Waals surface area contributed by atoms with Crippen LogP contribution in [-0.2, 0) is 4.74 Å². The Morgan fingerprint density at radius 1 is 1.13 bits per heavy atom. The molecule has 158 valence electrons. The van der Waals surface area contributed by atoms with Crippen LogP contribution in [-0.4, -0.2) is 75.4 Å². The van der Waals surface area contributed by atoms with E-state index in [4.69, 9.17) is 9.47 Å². The first-order valence-corrected chi connectivity index (χ1v) is 10.7. The van der Waals surface area contributed by atoms with E-state index in [0.717, 1.165) is 30.2 Å². The summed E-state index contributed by atoms with van der Waals surface area (Å²) in [4.78, 5) is 19.9. The third kappa shape index (κ3) is 4.97. The van der Waals surface area contributed by atoms with Crippen LogP contribution in [0, 0.1) is 6.92 Å². The van der Waals surface area contributed by atoms with Gasteiger partial charge in [-0.3, -0.25) is 0 Å². The molecular weight excluding hydrogens is 404 g/mol. The number of para-hydroxylation sites is 1. The quantitative estimate of drug-likeness (QED) is 0.422. The third-order valence-electron chi connectivity index (χ3n) is 4.47. The number of nitrogens with one attached hydrogen (secondary N) is 1. The topological polar surface area (TPSA) is 103 Å². The summed E-state index contributed by atoms with van der Waals surface area (Å²) in [6.07, 6.45) is 1.61. The molecule has 3 aromatic rings. The Kier molecular flexibility index (Phi) is 6.60. The van der Waals surface area contributed by atoms with Gasteiger partial charge in [-0.05, 0) is 18.6 Å². The van der Waals surface area contributed by atoms with Gasteiger partial charge >= 0.3 is 0 Å². The molecule has 1 fully saturated rings. The van der Waals surface area contributed by atoms with E-state index in [2.05, 4.69) is 35.3 Å². The molecule has 1 N–H and O–H groups in total. The predicted molar refractivity (Wildman–Crippen MR) is 115 cm³/mol. The summed E-state index contributed by atoms with van der Waals surface area (Å²) in [7, 11) is 1.78. The highest BCUT2D eigenvalue weighted by Gasteiger charge is 2.17. The maximum absolute atomic E-state index is 5.82. The molecule has 1 saturated heterocycles. The minimum absolute atomic E-state index is 0.423. The molecule has 1 aromatic carbocycles. The number of benzene rings is 1. The van der Waals surface area contributed by atoms with Crippen molar-refractivity contribution in [3.8, 4) is 11.7 Å². The van der Waals surface area contributed by atoms with E-state index in [-0.39, 0.29) is 0 Å². The Bertz CT molecular complexity index is 977. The largest absolute Gasteiger partial charge is 0.492 e. The molecule has 30 heavy (non-hydrogen) atoms. The van der Waals surface area contributed by atoms with Crippen molar-refractivity contribution < 1.29 is 9.47 Å². The highest BCUT2D eigenvalue weighted by molar-refractivity contribution is 7.99. The van der Waals surface area contributed by atoms with Crippen molar-refractivity contribution >= 4 is 23.7 Å². The fourth-order valence-electron chi connectivity index (χ4n) is 2.89. The number of hydrogen-bond donors (Lipinski definition) is 1. The first kappa shape index (κ1) is 20.4. The molecule has 0 atom stereocenters. The van der Waals surface area contributed by atoms with Crippen molar-refractivity contribution in [1.82, 2.24) is 29.7 Å². The normalized spacial score (nSPS) is 14.0. The molecule has 10 nitrogen and oxygen atoms in total. The maximum atomic E-state index is 5.82. The van der Waals surface area contributed by atoms with Crippen molar-refractivity contribution in [2.45, 2.75) is 12.1 Å². The van der Waals surface area contributed by atoms with Gasteiger partial charge in [0, 0.05) is 25.9 Å². The lowest BCUT2D eigenvalue weighted by Crippen LogP contribution is -2.37. The highest BCUT2D eigenvalue weighted by atomic mass is 32.2. The number of nitrogens with zero attached hydrogens (tertiary/aromatic N) is 7. The Hall–Kier alpha value is -2.92. The highest BCUT2D eigenvalue weighted by Crippen LogP contribution is 2.19. The molecule has 0 unspecified atom stereocenters. The van der Waals surface area contributed by atoms with Crippen LogP contribution in [0.25, 0.3) is 5.95 Å². The second kappa shape index (κ2) is 9.72. The third-order valence-corrected chi connectivity index (χ3v) is 5.29. The van der Waals surface area contributed by atoms with Crippen LogP contribution >= 0.6 is 11.8 Å². The van der Waals surface area contributed by atoms with E-state index in [9.17, 15) is 0 Å². The zero-order valence-electron chi connectivity index (χ0n) is 17.0. The average molecular weight is 429 g/mol. The van der Waals surface area contributed by atoms with E-state index in [1.54, 1.807) is 18.1 Å². The Balaban J connectivity index is 1.40. The Morgan fingerprint density at radius 3 is 2.73 bits per heavy atom. The zero-order chi connectivity index (χ0) is 20.8. The average Bonchev–Trinajstić information content (AvgIpc) is 3.27. The SMILES string of the molecule is CNc1nc(N2CCOCC2)nc(-n2cnc(SCCOc3ccccc3C)n2)n1. The molecule has 4 rings (SSSR count). The fraction of sp³-hybridized carbons (Fsp3) is 0.421. The monoisotopic (exact) mass is 428 g/mol. The number of morpholine rings is 1. The lowest BCUT2D eigenvalue weighted by molar-refractivity contribution is 0.122. The molecular formula is C19H24N8O2S. The first-order chi connectivity index (χ1) is 14.7. The number of aryl methyl sites for hydroxylation is 1. The number of anilines is 2. The van der Waals surface area contributed by atoms with Crippen LogP contribution in [0.5, 0.6) is 5.75 Å². The smallest absolute Gasteiger partial charge is 0.258 e. The minimum Gasteiger partial charge on any atom is -0.492 e. The van der Waals surface area contributed by atoms with Gasteiger partial charge in [0.2, 0.25) is 17.1 Å². The van der Waals surface area contributed by atoms with Gasteiger partial charge in [-0.2, -0.15) is 19.6 Å². The van der Waals surface area contributed by atoms with Gasteiger partial charge in [0.05, 0.1) is 19.8 Å². The first-order valence-electron chi connectivity index (χ1n) is 9.73. The van der Waals surface area contributed by atoms with Gasteiger partial charge in [-0.25, -0.2) is 4.98 Å². The van der Waals surface area contributed by atoms with Crippen LogP contribution in [0.4, 0.5) is 11.9 Å². The molecule has 0 radical (unpaired) electrons. The lowest BCUT2D eigenvalue weighted by Gasteiger charge is -2.26. The van der Waals surface area contributed by atoms with Crippen LogP contribution < -0.4 is 15.0 Å². The molecule has 0 aliphatic carbocycles. The second-order valence-corrected chi connectivity index (χ2v) is 7.60. The van der Waals surface area contributed by atoms with Crippen molar-refractivity contribution in [3.63, 3.8) is 0 Å². The van der Waals surface area contributed by atoms with Gasteiger partial charge in [-0.1, -0.05) is 30.0 Å². The van der Waals surface area contributed by atoms with Crippen molar-refractivity contribution in [3.05, 3.63) is 36.2 Å². The summed E-state index contributed by atoms with van der Waals surface area (Å²) in [6.45, 7) is 5.40. The molecule has 0 spiro atoms. The van der Waals surface area contributed by atoms with E-state index in [1.165, 1.54) is 11.8 Å². The van der Waals surface area contributed by atoms with Crippen LogP contribution in [0.3, 0.4) is 0 Å². The molecule has 0 amide bonds. The van der Waals surface area contributed by atoms with Crippen molar-refractivity contribution in [2.75, 3.05) is 55.9 Å². The Labute approximate surface area is 179 Å². The molecule has 0 saturated carbocycles. The Morgan fingerprint density at radius 2 is 1.93 bits per heavy atom. The second-order valence-electron chi connectivity index (χ2n) is 6.54. The van der Waals surface area contributed by atoms with E-state index in [1.807, 2.05) is 31.2 Å². The van der Waals surface area contributed by atoms with E-state index < -0.39 is 0 Å². The van der Waals surface area contributed by atoms with Gasteiger partial charge in [0.25, 0.3) is 5.95 Å². The summed E-state index contributed by atoms with van der Waals surface area (Å²) in [5.41, 5.74) is 1.12. The number of rotatable bonds is 8. The summed E-state index contributed by atoms with van der Waals surface area (Å²) >= 11 is 1.52. The molecule has 2 aromatic heterocycles. The predicted octanol–water partition coefficient (Wildman–Crippen LogP) is 1.81. The summed E-state index contributed by atoms with van der Waals surface area (Å²) in [6, 6.07) is 7.97. The molecule has 1 aliphatic heterocycles. The van der Waals surface area contributed by atoms with Crippen LogP contribution in [0.2, 0.25) is 0 Å². The fourth-order valence-corrected chi connectivity index (χ4v) is 3.50. The number of aromatic nitrogens is 6. The van der Waals surface area contributed by atoms with Crippen LogP contribution in [0.1, 0.15) is 5.56 Å². The van der Waals surface area contributed by atoms with Gasteiger partial charge in [-0.15, -0.1) is 5.10 Å². The summed E-state index contributed by atoms with van der Waals surface area (Å²) in [5, 5.41) is 8.12. The summed E-state index contributed by atoms with van der Waals surface area (Å²) < 4.78 is 12.8. The van der Waals surface area contributed by atoms with Gasteiger partial charge in [0.15, 0.2) is 0 Å². The molecule has 3 heterocycles. The number of hydrogen-bond acceptors (Lipinski definition) is 10. The van der Waals surface area contributed by atoms with E-state index in [0.29, 0.717) is 42.8 Å². The maximum Gasteiger partial charge on any atom is 0.258 e. The number of ether oxygens (including phenoxy) is 2. The van der Waals surface area contributed by atoms with E-state index >= 15 is 0 Å². The van der Waals surface area contributed by atoms with Gasteiger partial charge in [0.1, 0.15) is 12.1 Å². The van der Waals surface area contributed by atoms with Gasteiger partial charge < -0.3 is 19.7 Å². The summed E-state index contributed by atoms with van der Waals surface area (Å²) in [5.74, 6) is 3.14. The minimum atomic E-state index is 0.423. The van der Waals surface area contributed by atoms with Crippen molar-refractivity contribution in [2.24, 2.45) is 0 Å². The number of thioether (sulfide) groups is 1. The zero-order valence-corrected chi connectivity index (χ0v) is 17.8. The standard InChI is InChI=1S/C19H24N8O2S/c1-14-5-3-4-6-15(14)29-11-12-30-19-21-13-27(25-19)18-23-16(20-2)22-17(24-18)26-7-9-28-10-8-26/h3-6,13H,7-12H2,1-2H3,(H,20,22,23,24). The van der Waals surface area contributed by atoms with Crippen molar-refractivity contribution in [1.29, 1.82) is 0 Å². The molecule has 1 aliphatic rings. The molecule has 0 bridgehead atoms. The lowest BCUT2D eigenvalue weighted by atomic mass is 10.2. The van der Waals surface area contributed by atoms with Crippen LogP contribution in [0.15, 0.2) is 35.7 Å².